The molecule has 2 aromatic carbocycles. The van der Waals surface area contributed by atoms with Crippen LogP contribution in [-0.2, 0) is 14.8 Å². The van der Waals surface area contributed by atoms with E-state index in [-0.39, 0.29) is 27.3 Å². The number of aromatic nitrogens is 3. The second kappa shape index (κ2) is 10.3. The molecule has 0 aliphatic heterocycles. The molecule has 0 saturated carbocycles. The molecule has 0 atom stereocenters. The molecule has 0 aliphatic carbocycles. The number of nitrogens with two attached hydrogens (primary N) is 1. The predicted octanol–water partition coefficient (Wildman–Crippen LogP) is 3.37. The van der Waals surface area contributed by atoms with Gasteiger partial charge in [0, 0.05) is 13.3 Å². The zero-order valence-corrected chi connectivity index (χ0v) is 23.1. The Kier molecular flexibility index (Phi) is 7.56. The Bertz CT molecular complexity index is 1560. The fourth-order valence-electron chi connectivity index (χ4n) is 3.05. The van der Waals surface area contributed by atoms with E-state index in [4.69, 9.17) is 5.14 Å². The van der Waals surface area contributed by atoms with Gasteiger partial charge in [-0.15, -0.1) is 0 Å². The van der Waals surface area contributed by atoms with E-state index in [0.29, 0.717) is 22.4 Å². The van der Waals surface area contributed by atoms with Crippen molar-refractivity contribution in [1.29, 1.82) is 0 Å². The second-order valence-corrected chi connectivity index (χ2v) is 11.8. The summed E-state index contributed by atoms with van der Waals surface area (Å²) in [6, 6.07) is 14.4. The van der Waals surface area contributed by atoms with Crippen LogP contribution in [-0.4, -0.2) is 34.6 Å². The Morgan fingerprint density at radius 2 is 1.85 bits per heavy atom. The van der Waals surface area contributed by atoms with Crippen LogP contribution in [0.25, 0.3) is 16.6 Å². The van der Waals surface area contributed by atoms with Crippen LogP contribution < -0.4 is 16.0 Å². The van der Waals surface area contributed by atoms with Crippen LogP contribution in [0.5, 0.6) is 0 Å². The summed E-state index contributed by atoms with van der Waals surface area (Å²) >= 11 is 5.33. The van der Waals surface area contributed by atoms with Crippen molar-refractivity contribution in [2.75, 3.05) is 11.1 Å². The molecular weight excluding hydrogens is 704 g/mol. The molecule has 34 heavy (non-hydrogen) atoms. The smallest absolute Gasteiger partial charge is 0.266 e. The maximum Gasteiger partial charge on any atom is 0.266 e. The van der Waals surface area contributed by atoms with Crippen LogP contribution in [0.15, 0.2) is 75.6 Å². The van der Waals surface area contributed by atoms with Crippen LogP contribution >= 0.6 is 56.9 Å². The van der Waals surface area contributed by atoms with Gasteiger partial charge in [0.15, 0.2) is 5.16 Å². The lowest BCUT2D eigenvalue weighted by atomic mass is 10.2. The topological polar surface area (TPSA) is 137 Å². The number of thioether (sulfide) groups is 1. The van der Waals surface area contributed by atoms with Gasteiger partial charge in [-0.25, -0.2) is 23.5 Å². The van der Waals surface area contributed by atoms with Gasteiger partial charge < -0.3 is 5.32 Å². The van der Waals surface area contributed by atoms with E-state index in [1.807, 2.05) is 6.07 Å². The monoisotopic (exact) mass is 719 g/mol. The number of amides is 1. The fourth-order valence-corrected chi connectivity index (χ4v) is 6.34. The van der Waals surface area contributed by atoms with Crippen molar-refractivity contribution >= 4 is 89.6 Å². The summed E-state index contributed by atoms with van der Waals surface area (Å²) in [7, 11) is -3.89. The number of pyridine rings is 1. The quantitative estimate of drug-likeness (QED) is 0.177. The van der Waals surface area contributed by atoms with Crippen molar-refractivity contribution in [2.45, 2.75) is 10.1 Å². The lowest BCUT2D eigenvalue weighted by Crippen LogP contribution is -2.23. The second-order valence-electron chi connectivity index (χ2n) is 6.91. The van der Waals surface area contributed by atoms with Crippen molar-refractivity contribution in [3.05, 3.63) is 78.3 Å². The molecule has 0 fully saturated rings. The molecule has 0 saturated heterocycles. The third-order valence-electron chi connectivity index (χ3n) is 4.55. The first-order valence-corrected chi connectivity index (χ1v) is 14.2. The summed E-state index contributed by atoms with van der Waals surface area (Å²) < 4.78 is 26.3. The number of nitrogens with one attached hydrogen (secondary N) is 1. The third-order valence-corrected chi connectivity index (χ3v) is 7.86. The van der Waals surface area contributed by atoms with Crippen molar-refractivity contribution in [2.24, 2.45) is 5.14 Å². The number of fused-ring (bicyclic) bond motifs is 1. The van der Waals surface area contributed by atoms with Crippen LogP contribution in [0.2, 0.25) is 0 Å². The molecule has 4 rings (SSSR count). The highest BCUT2D eigenvalue weighted by Gasteiger charge is 2.18. The van der Waals surface area contributed by atoms with E-state index >= 15 is 0 Å². The Hall–Kier alpha value is -2.08. The number of hydrogen-bond donors (Lipinski definition) is 2. The molecule has 0 aliphatic rings. The maximum absolute atomic E-state index is 13.5. The molecule has 1 amide bonds. The van der Waals surface area contributed by atoms with E-state index in [2.05, 4.69) is 60.5 Å². The average molecular weight is 719 g/mol. The van der Waals surface area contributed by atoms with Gasteiger partial charge in [0.25, 0.3) is 5.56 Å². The SMILES string of the molecule is NS(=O)(=O)c1ccc(-n2c(SCC(=O)Nc3ccccn3)nc3c(I)cc(I)cc3c2=O)cc1. The number of benzene rings is 2. The maximum atomic E-state index is 13.5. The molecule has 4 aromatic rings. The van der Waals surface area contributed by atoms with Crippen molar-refractivity contribution in [3.8, 4) is 5.69 Å². The number of carbonyl (C=O) groups excluding carboxylic acids is 1. The highest BCUT2D eigenvalue weighted by atomic mass is 127. The molecular formula is C21H15I2N5O4S2. The number of anilines is 1. The molecule has 0 unspecified atom stereocenters. The molecule has 2 aromatic heterocycles. The summed E-state index contributed by atoms with van der Waals surface area (Å²) in [5.74, 6) is 0.0798. The number of rotatable bonds is 6. The van der Waals surface area contributed by atoms with Gasteiger partial charge in [0.05, 0.1) is 27.2 Å². The van der Waals surface area contributed by atoms with Crippen LogP contribution in [0, 0.1) is 7.14 Å². The molecule has 9 nitrogen and oxygen atoms in total. The van der Waals surface area contributed by atoms with E-state index in [1.54, 1.807) is 30.5 Å². The molecule has 3 N–H and O–H groups in total. The zero-order chi connectivity index (χ0) is 24.5. The van der Waals surface area contributed by atoms with Crippen molar-refractivity contribution in [1.82, 2.24) is 14.5 Å². The van der Waals surface area contributed by atoms with Crippen LogP contribution in [0.1, 0.15) is 0 Å². The van der Waals surface area contributed by atoms with Gasteiger partial charge in [-0.3, -0.25) is 14.2 Å². The normalized spacial score (nSPS) is 11.5. The molecule has 174 valence electrons. The van der Waals surface area contributed by atoms with E-state index in [0.717, 1.165) is 18.9 Å². The minimum Gasteiger partial charge on any atom is -0.310 e. The molecule has 2 heterocycles. The van der Waals surface area contributed by atoms with E-state index in [9.17, 15) is 18.0 Å². The van der Waals surface area contributed by atoms with Gasteiger partial charge in [-0.05, 0) is 93.7 Å². The highest BCUT2D eigenvalue weighted by molar-refractivity contribution is 14.1. The van der Waals surface area contributed by atoms with Gasteiger partial charge in [-0.2, -0.15) is 0 Å². The van der Waals surface area contributed by atoms with Crippen molar-refractivity contribution in [3.63, 3.8) is 0 Å². The third kappa shape index (κ3) is 5.59. The number of carbonyl (C=O) groups is 1. The first kappa shape index (κ1) is 25.0. The number of primary sulfonamides is 1. The summed E-state index contributed by atoms with van der Waals surface area (Å²) in [5, 5.41) is 8.59. The van der Waals surface area contributed by atoms with E-state index < -0.39 is 10.0 Å². The van der Waals surface area contributed by atoms with Gasteiger partial charge in [0.2, 0.25) is 15.9 Å². The molecule has 0 spiro atoms. The molecule has 0 radical (unpaired) electrons. The highest BCUT2D eigenvalue weighted by Crippen LogP contribution is 2.26. The first-order valence-electron chi connectivity index (χ1n) is 9.52. The number of nitrogens with zero attached hydrogens (tertiary/aromatic N) is 3. The number of hydrogen-bond acceptors (Lipinski definition) is 7. The first-order chi connectivity index (χ1) is 16.1. The molecule has 13 heteroatoms. The Morgan fingerprint density at radius 1 is 1.12 bits per heavy atom. The molecule has 0 bridgehead atoms. The van der Waals surface area contributed by atoms with Gasteiger partial charge in [-0.1, -0.05) is 17.8 Å². The van der Waals surface area contributed by atoms with Crippen LogP contribution in [0.3, 0.4) is 0 Å². The number of sulfonamides is 1. The average Bonchev–Trinajstić information content (AvgIpc) is 2.79. The Morgan fingerprint density at radius 3 is 2.50 bits per heavy atom. The summed E-state index contributed by atoms with van der Waals surface area (Å²) in [6.45, 7) is 0. The van der Waals surface area contributed by atoms with E-state index in [1.165, 1.54) is 28.8 Å². The minimum atomic E-state index is -3.89. The number of halogens is 2. The Labute approximate surface area is 225 Å². The minimum absolute atomic E-state index is 0.0231. The zero-order valence-electron chi connectivity index (χ0n) is 17.1. The lowest BCUT2D eigenvalue weighted by molar-refractivity contribution is -0.113. The standard InChI is InChI=1S/C21H15I2N5O4S2/c22-12-9-15-19(16(23)10-12)27-21(33-11-18(29)26-17-3-1-2-8-25-17)28(20(15)30)13-4-6-14(7-5-13)34(24,31)32/h1-10H,11H2,(H2,24,31,32)(H,25,26,29). The fraction of sp³-hybridized carbons (Fsp3) is 0.0476. The van der Waals surface area contributed by atoms with Gasteiger partial charge in [0.1, 0.15) is 5.82 Å². The van der Waals surface area contributed by atoms with Crippen LogP contribution in [0.4, 0.5) is 5.82 Å². The summed E-state index contributed by atoms with van der Waals surface area (Å²) in [5.41, 5.74) is 0.585. The van der Waals surface area contributed by atoms with Crippen molar-refractivity contribution < 1.29 is 13.2 Å². The van der Waals surface area contributed by atoms with Gasteiger partial charge >= 0.3 is 0 Å². The largest absolute Gasteiger partial charge is 0.310 e. The lowest BCUT2D eigenvalue weighted by Gasteiger charge is -2.14. The predicted molar refractivity (Wildman–Crippen MR) is 148 cm³/mol. The summed E-state index contributed by atoms with van der Waals surface area (Å²) in [6.07, 6.45) is 1.57. The summed E-state index contributed by atoms with van der Waals surface area (Å²) in [4.78, 5) is 34.7. The Balaban J connectivity index is 1.77.